The molecule has 0 unspecified atom stereocenters. The summed E-state index contributed by atoms with van der Waals surface area (Å²) in [5, 5.41) is 3.15. The van der Waals surface area contributed by atoms with Gasteiger partial charge in [0.15, 0.2) is 0 Å². The van der Waals surface area contributed by atoms with Crippen LogP contribution in [0.3, 0.4) is 0 Å². The molecule has 5 nitrogen and oxygen atoms in total. The molecule has 1 aromatic carbocycles. The zero-order valence-electron chi connectivity index (χ0n) is 14.9. The maximum absolute atomic E-state index is 12.8. The molecule has 1 heterocycles. The Balaban J connectivity index is 2.09. The van der Waals surface area contributed by atoms with Crippen LogP contribution >= 0.6 is 0 Å². The number of amides is 1. The number of rotatable bonds is 7. The molecule has 1 aromatic heterocycles. The standard InChI is InChI=1S/C19H26N4O/c1-14(2)10-20-19-21-11-17(12-22-19)18(24)23(15(3)4)13-16-8-6-5-7-9-16/h5-9,11-12,14-15H,10,13H2,1-4H3,(H,20,21,22). The van der Waals surface area contributed by atoms with Crippen LogP contribution in [0, 0.1) is 5.92 Å². The number of hydrogen-bond donors (Lipinski definition) is 1. The molecule has 0 bridgehead atoms. The van der Waals surface area contributed by atoms with Gasteiger partial charge in [0.05, 0.1) is 5.56 Å². The van der Waals surface area contributed by atoms with Crippen molar-refractivity contribution in [3.05, 3.63) is 53.9 Å². The van der Waals surface area contributed by atoms with E-state index in [2.05, 4.69) is 29.1 Å². The second-order valence-electron chi connectivity index (χ2n) is 6.58. The van der Waals surface area contributed by atoms with E-state index < -0.39 is 0 Å². The monoisotopic (exact) mass is 326 g/mol. The molecule has 2 aromatic rings. The molecule has 0 fully saturated rings. The minimum Gasteiger partial charge on any atom is -0.354 e. The zero-order valence-corrected chi connectivity index (χ0v) is 14.9. The van der Waals surface area contributed by atoms with Crippen LogP contribution in [-0.4, -0.2) is 33.4 Å². The first-order valence-corrected chi connectivity index (χ1v) is 8.38. The lowest BCUT2D eigenvalue weighted by molar-refractivity contribution is 0.0689. The number of anilines is 1. The fraction of sp³-hybridized carbons (Fsp3) is 0.421. The average Bonchev–Trinajstić information content (AvgIpc) is 2.58. The van der Waals surface area contributed by atoms with E-state index in [1.165, 1.54) is 0 Å². The summed E-state index contributed by atoms with van der Waals surface area (Å²) < 4.78 is 0. The Kier molecular flexibility index (Phi) is 6.29. The molecule has 1 amide bonds. The van der Waals surface area contributed by atoms with E-state index in [4.69, 9.17) is 0 Å². The Morgan fingerprint density at radius 1 is 1.08 bits per heavy atom. The summed E-state index contributed by atoms with van der Waals surface area (Å²) in [5.74, 6) is 1.01. The van der Waals surface area contributed by atoms with Gasteiger partial charge < -0.3 is 10.2 Å². The lowest BCUT2D eigenvalue weighted by atomic mass is 10.1. The third-order valence-corrected chi connectivity index (χ3v) is 3.65. The quantitative estimate of drug-likeness (QED) is 0.844. The molecule has 0 saturated carbocycles. The molecule has 0 spiro atoms. The second-order valence-corrected chi connectivity index (χ2v) is 6.58. The third kappa shape index (κ3) is 5.05. The summed E-state index contributed by atoms with van der Waals surface area (Å²) in [6.07, 6.45) is 3.19. The lowest BCUT2D eigenvalue weighted by Gasteiger charge is -2.26. The Bertz CT molecular complexity index is 638. The number of aromatic nitrogens is 2. The van der Waals surface area contributed by atoms with Gasteiger partial charge in [0.25, 0.3) is 5.91 Å². The molecule has 128 valence electrons. The molecule has 0 atom stereocenters. The Morgan fingerprint density at radius 2 is 1.71 bits per heavy atom. The second kappa shape index (κ2) is 8.43. The predicted octanol–water partition coefficient (Wildman–Crippen LogP) is 3.60. The van der Waals surface area contributed by atoms with E-state index >= 15 is 0 Å². The lowest BCUT2D eigenvalue weighted by Crippen LogP contribution is -2.36. The number of nitrogens with one attached hydrogen (secondary N) is 1. The molecular formula is C19H26N4O. The molecule has 0 saturated heterocycles. The first-order chi connectivity index (χ1) is 11.5. The van der Waals surface area contributed by atoms with Gasteiger partial charge in [-0.25, -0.2) is 9.97 Å². The SMILES string of the molecule is CC(C)CNc1ncc(C(=O)N(Cc2ccccc2)C(C)C)cn1. The average molecular weight is 326 g/mol. The van der Waals surface area contributed by atoms with Gasteiger partial charge >= 0.3 is 0 Å². The van der Waals surface area contributed by atoms with Crippen molar-refractivity contribution in [1.29, 1.82) is 0 Å². The van der Waals surface area contributed by atoms with E-state index in [1.807, 2.05) is 49.1 Å². The van der Waals surface area contributed by atoms with E-state index in [1.54, 1.807) is 12.4 Å². The Labute approximate surface area is 144 Å². The van der Waals surface area contributed by atoms with Crippen LogP contribution < -0.4 is 5.32 Å². The number of benzene rings is 1. The maximum Gasteiger partial charge on any atom is 0.257 e. The summed E-state index contributed by atoms with van der Waals surface area (Å²) >= 11 is 0. The highest BCUT2D eigenvalue weighted by molar-refractivity contribution is 5.93. The topological polar surface area (TPSA) is 58.1 Å². The molecule has 24 heavy (non-hydrogen) atoms. The van der Waals surface area contributed by atoms with Crippen LogP contribution in [0.25, 0.3) is 0 Å². The number of carbonyl (C=O) groups is 1. The van der Waals surface area contributed by atoms with Gasteiger partial charge in [-0.15, -0.1) is 0 Å². The molecule has 1 N–H and O–H groups in total. The number of hydrogen-bond acceptors (Lipinski definition) is 4. The van der Waals surface area contributed by atoms with Crippen LogP contribution in [0.1, 0.15) is 43.6 Å². The van der Waals surface area contributed by atoms with E-state index in [0.29, 0.717) is 24.0 Å². The van der Waals surface area contributed by atoms with Crippen LogP contribution in [0.15, 0.2) is 42.7 Å². The first-order valence-electron chi connectivity index (χ1n) is 8.38. The largest absolute Gasteiger partial charge is 0.354 e. The van der Waals surface area contributed by atoms with Gasteiger partial charge in [0.2, 0.25) is 5.95 Å². The van der Waals surface area contributed by atoms with Crippen molar-refractivity contribution in [3.63, 3.8) is 0 Å². The highest BCUT2D eigenvalue weighted by Crippen LogP contribution is 2.13. The highest BCUT2D eigenvalue weighted by Gasteiger charge is 2.19. The van der Waals surface area contributed by atoms with Crippen molar-refractivity contribution >= 4 is 11.9 Å². The van der Waals surface area contributed by atoms with E-state index in [-0.39, 0.29) is 11.9 Å². The van der Waals surface area contributed by atoms with Crippen molar-refractivity contribution in [1.82, 2.24) is 14.9 Å². The fourth-order valence-electron chi connectivity index (χ4n) is 2.26. The molecule has 0 aliphatic carbocycles. The molecule has 2 rings (SSSR count). The highest BCUT2D eigenvalue weighted by atomic mass is 16.2. The third-order valence-electron chi connectivity index (χ3n) is 3.65. The van der Waals surface area contributed by atoms with Crippen LogP contribution in [0.2, 0.25) is 0 Å². The summed E-state index contributed by atoms with van der Waals surface area (Å²) in [6, 6.07) is 10.1. The Morgan fingerprint density at radius 3 is 2.25 bits per heavy atom. The molecule has 0 aliphatic rings. The smallest absolute Gasteiger partial charge is 0.257 e. The maximum atomic E-state index is 12.8. The van der Waals surface area contributed by atoms with Gasteiger partial charge in [0.1, 0.15) is 0 Å². The van der Waals surface area contributed by atoms with Crippen molar-refractivity contribution < 1.29 is 4.79 Å². The van der Waals surface area contributed by atoms with Crippen molar-refractivity contribution in [2.75, 3.05) is 11.9 Å². The summed E-state index contributed by atoms with van der Waals surface area (Å²) in [4.78, 5) is 23.1. The predicted molar refractivity (Wildman–Crippen MR) is 96.8 cm³/mol. The Hall–Kier alpha value is -2.43. The minimum atomic E-state index is -0.0516. The summed E-state index contributed by atoms with van der Waals surface area (Å²) in [7, 11) is 0. The van der Waals surface area contributed by atoms with E-state index in [9.17, 15) is 4.79 Å². The first kappa shape index (κ1) is 17.9. The zero-order chi connectivity index (χ0) is 17.5. The van der Waals surface area contributed by atoms with Crippen LogP contribution in [0.5, 0.6) is 0 Å². The molecule has 0 radical (unpaired) electrons. The summed E-state index contributed by atoms with van der Waals surface area (Å²) in [5.41, 5.74) is 1.62. The number of nitrogens with zero attached hydrogens (tertiary/aromatic N) is 3. The van der Waals surface area contributed by atoms with Gasteiger partial charge in [-0.1, -0.05) is 44.2 Å². The van der Waals surface area contributed by atoms with Gasteiger partial charge in [0, 0.05) is 31.5 Å². The van der Waals surface area contributed by atoms with Crippen molar-refractivity contribution in [3.8, 4) is 0 Å². The summed E-state index contributed by atoms with van der Waals surface area (Å²) in [6.45, 7) is 9.65. The molecule has 5 heteroatoms. The van der Waals surface area contributed by atoms with Crippen molar-refractivity contribution in [2.45, 2.75) is 40.3 Å². The van der Waals surface area contributed by atoms with E-state index in [0.717, 1.165) is 12.1 Å². The van der Waals surface area contributed by atoms with Gasteiger partial charge in [-0.3, -0.25) is 4.79 Å². The minimum absolute atomic E-state index is 0.0516. The van der Waals surface area contributed by atoms with Crippen LogP contribution in [0.4, 0.5) is 5.95 Å². The normalized spacial score (nSPS) is 10.9. The van der Waals surface area contributed by atoms with Gasteiger partial charge in [-0.05, 0) is 25.3 Å². The molecule has 0 aliphatic heterocycles. The number of carbonyl (C=O) groups excluding carboxylic acids is 1. The molecular weight excluding hydrogens is 300 g/mol. The van der Waals surface area contributed by atoms with Gasteiger partial charge in [-0.2, -0.15) is 0 Å². The fourth-order valence-corrected chi connectivity index (χ4v) is 2.26. The van der Waals surface area contributed by atoms with Crippen LogP contribution in [-0.2, 0) is 6.54 Å². The van der Waals surface area contributed by atoms with Crippen molar-refractivity contribution in [2.24, 2.45) is 5.92 Å².